The van der Waals surface area contributed by atoms with Gasteiger partial charge in [0.15, 0.2) is 0 Å². The number of hydrogen-bond acceptors (Lipinski definition) is 7. The number of aliphatic hydroxyl groups is 1. The summed E-state index contributed by atoms with van der Waals surface area (Å²) < 4.78 is 43.7. The highest BCUT2D eigenvalue weighted by Crippen LogP contribution is 2.31. The third-order valence-electron chi connectivity index (χ3n) is 5.81. The maximum absolute atomic E-state index is 12.9. The first kappa shape index (κ1) is 25.1. The van der Waals surface area contributed by atoms with Crippen molar-refractivity contribution in [1.82, 2.24) is 20.2 Å². The van der Waals surface area contributed by atoms with Gasteiger partial charge in [-0.15, -0.1) is 0 Å². The van der Waals surface area contributed by atoms with Crippen molar-refractivity contribution in [3.8, 4) is 11.3 Å². The van der Waals surface area contributed by atoms with E-state index in [-0.39, 0.29) is 17.6 Å². The van der Waals surface area contributed by atoms with Gasteiger partial charge >= 0.3 is 6.18 Å². The molecule has 2 amide bonds. The van der Waals surface area contributed by atoms with Gasteiger partial charge in [-0.1, -0.05) is 23.7 Å². The average molecular weight is 514 g/mol. The van der Waals surface area contributed by atoms with Crippen LogP contribution < -0.4 is 10.6 Å². The molecule has 2 aliphatic rings. The molecule has 3 heterocycles. The van der Waals surface area contributed by atoms with E-state index in [1.165, 1.54) is 6.20 Å². The van der Waals surface area contributed by atoms with Crippen LogP contribution in [0.25, 0.3) is 11.3 Å². The van der Waals surface area contributed by atoms with Crippen molar-refractivity contribution in [3.63, 3.8) is 0 Å². The van der Waals surface area contributed by atoms with Gasteiger partial charge in [-0.3, -0.25) is 9.59 Å². The van der Waals surface area contributed by atoms with E-state index in [1.807, 2.05) is 0 Å². The van der Waals surface area contributed by atoms with Crippen LogP contribution in [0.4, 0.5) is 19.1 Å². The van der Waals surface area contributed by atoms with E-state index in [0.29, 0.717) is 41.5 Å². The molecule has 0 aliphatic carbocycles. The fourth-order valence-electron chi connectivity index (χ4n) is 3.94. The molecular formula is C22H23ClF3N5O4. The Morgan fingerprint density at radius 1 is 1.31 bits per heavy atom. The second kappa shape index (κ2) is 10.3. The molecule has 35 heavy (non-hydrogen) atoms. The number of ether oxygens (including phenoxy) is 1. The summed E-state index contributed by atoms with van der Waals surface area (Å²) in [4.78, 5) is 34.8. The number of carbonyl (C=O) groups is 2. The number of aromatic nitrogens is 2. The number of benzene rings is 1. The SMILES string of the molecule is O=C(CN1Cc2ccc(-c3nc(NC4CCOCC4)ncc3Cl)cc2C1=O)N[C@H](CO)C(F)(F)F. The second-order valence-corrected chi connectivity index (χ2v) is 8.71. The monoisotopic (exact) mass is 513 g/mol. The molecule has 0 bridgehead atoms. The summed E-state index contributed by atoms with van der Waals surface area (Å²) in [5.41, 5.74) is 1.90. The third kappa shape index (κ3) is 5.82. The van der Waals surface area contributed by atoms with Gasteiger partial charge in [0.05, 0.1) is 23.5 Å². The van der Waals surface area contributed by atoms with Crippen molar-refractivity contribution in [2.75, 3.05) is 31.7 Å². The molecule has 0 spiro atoms. The lowest BCUT2D eigenvalue weighted by Crippen LogP contribution is -2.50. The standard InChI is InChI=1S/C22H23ClF3N5O4/c23-16-8-27-21(28-14-3-5-35-6-4-14)30-19(16)12-1-2-13-9-31(20(34)15(13)7-12)10-18(33)29-17(11-32)22(24,25)26/h1-2,7-8,14,17,32H,3-6,9-11H2,(H,29,33)(H,27,28,30)/t17-/m1/s1. The Labute approximate surface area is 203 Å². The summed E-state index contributed by atoms with van der Waals surface area (Å²) in [5, 5.41) is 14.1. The zero-order valence-corrected chi connectivity index (χ0v) is 19.2. The lowest BCUT2D eigenvalue weighted by Gasteiger charge is -2.23. The van der Waals surface area contributed by atoms with Crippen molar-refractivity contribution in [2.24, 2.45) is 0 Å². The predicted molar refractivity (Wildman–Crippen MR) is 120 cm³/mol. The molecule has 0 saturated carbocycles. The van der Waals surface area contributed by atoms with E-state index in [2.05, 4.69) is 15.3 Å². The number of carbonyl (C=O) groups excluding carboxylic acids is 2. The van der Waals surface area contributed by atoms with Gasteiger partial charge in [0.1, 0.15) is 12.6 Å². The first-order valence-corrected chi connectivity index (χ1v) is 11.3. The number of alkyl halides is 3. The molecule has 9 nitrogen and oxygen atoms in total. The predicted octanol–water partition coefficient (Wildman–Crippen LogP) is 2.38. The van der Waals surface area contributed by atoms with Gasteiger partial charge in [-0.05, 0) is 24.5 Å². The number of halogens is 4. The van der Waals surface area contributed by atoms with E-state index < -0.39 is 37.2 Å². The Kier molecular flexibility index (Phi) is 7.43. The van der Waals surface area contributed by atoms with Crippen molar-refractivity contribution in [2.45, 2.75) is 37.6 Å². The molecule has 0 radical (unpaired) electrons. The number of hydrogen-bond donors (Lipinski definition) is 3. The summed E-state index contributed by atoms with van der Waals surface area (Å²) in [6.07, 6.45) is -1.69. The first-order valence-electron chi connectivity index (χ1n) is 10.9. The molecule has 1 fully saturated rings. The molecule has 2 aromatic rings. The fourth-order valence-corrected chi connectivity index (χ4v) is 4.14. The number of fused-ring (bicyclic) bond motifs is 1. The van der Waals surface area contributed by atoms with E-state index >= 15 is 0 Å². The molecular weight excluding hydrogens is 491 g/mol. The average Bonchev–Trinajstić information content (AvgIpc) is 3.13. The lowest BCUT2D eigenvalue weighted by molar-refractivity contribution is -0.168. The summed E-state index contributed by atoms with van der Waals surface area (Å²) in [5.74, 6) is -1.13. The number of aliphatic hydroxyl groups excluding tert-OH is 1. The minimum Gasteiger partial charge on any atom is -0.394 e. The highest BCUT2D eigenvalue weighted by Gasteiger charge is 2.40. The fraction of sp³-hybridized carbons (Fsp3) is 0.455. The number of nitrogens with zero attached hydrogens (tertiary/aromatic N) is 3. The van der Waals surface area contributed by atoms with Crippen LogP contribution in [-0.4, -0.2) is 76.4 Å². The smallest absolute Gasteiger partial charge is 0.394 e. The minimum atomic E-state index is -4.80. The maximum Gasteiger partial charge on any atom is 0.410 e. The Hall–Kier alpha value is -2.96. The number of amides is 2. The van der Waals surface area contributed by atoms with Gasteiger partial charge in [0, 0.05) is 36.9 Å². The molecule has 1 atom stereocenters. The molecule has 188 valence electrons. The van der Waals surface area contributed by atoms with Crippen LogP contribution in [-0.2, 0) is 16.1 Å². The molecule has 3 N–H and O–H groups in total. The maximum atomic E-state index is 12.9. The Bertz CT molecular complexity index is 1110. The van der Waals surface area contributed by atoms with Crippen LogP contribution >= 0.6 is 11.6 Å². The van der Waals surface area contributed by atoms with Gasteiger partial charge in [-0.25, -0.2) is 9.97 Å². The summed E-state index contributed by atoms with van der Waals surface area (Å²) in [6.45, 7) is -0.515. The van der Waals surface area contributed by atoms with Crippen molar-refractivity contribution >= 4 is 29.4 Å². The molecule has 1 aromatic carbocycles. The Balaban J connectivity index is 1.48. The van der Waals surface area contributed by atoms with E-state index in [9.17, 15) is 22.8 Å². The molecule has 2 aliphatic heterocycles. The van der Waals surface area contributed by atoms with Crippen LogP contribution in [0, 0.1) is 0 Å². The largest absolute Gasteiger partial charge is 0.410 e. The second-order valence-electron chi connectivity index (χ2n) is 8.30. The van der Waals surface area contributed by atoms with Crippen molar-refractivity contribution in [3.05, 3.63) is 40.5 Å². The van der Waals surface area contributed by atoms with Crippen LogP contribution in [0.15, 0.2) is 24.4 Å². The third-order valence-corrected chi connectivity index (χ3v) is 6.08. The number of rotatable bonds is 7. The molecule has 0 unspecified atom stereocenters. The number of nitrogens with one attached hydrogen (secondary N) is 2. The molecule has 13 heteroatoms. The normalized spacial score (nSPS) is 17.3. The van der Waals surface area contributed by atoms with E-state index in [0.717, 1.165) is 17.7 Å². The minimum absolute atomic E-state index is 0.0612. The van der Waals surface area contributed by atoms with Crippen molar-refractivity contribution < 1.29 is 32.6 Å². The molecule has 1 aromatic heterocycles. The summed E-state index contributed by atoms with van der Waals surface area (Å²) in [7, 11) is 0. The van der Waals surface area contributed by atoms with E-state index in [4.69, 9.17) is 21.4 Å². The first-order chi connectivity index (χ1) is 16.7. The Morgan fingerprint density at radius 3 is 2.74 bits per heavy atom. The number of anilines is 1. The highest BCUT2D eigenvalue weighted by molar-refractivity contribution is 6.33. The Morgan fingerprint density at radius 2 is 2.06 bits per heavy atom. The van der Waals surface area contributed by atoms with Crippen LogP contribution in [0.1, 0.15) is 28.8 Å². The van der Waals surface area contributed by atoms with E-state index in [1.54, 1.807) is 23.5 Å². The van der Waals surface area contributed by atoms with Gasteiger partial charge in [0.2, 0.25) is 11.9 Å². The van der Waals surface area contributed by atoms with Crippen LogP contribution in [0.2, 0.25) is 5.02 Å². The highest BCUT2D eigenvalue weighted by atomic mass is 35.5. The lowest BCUT2D eigenvalue weighted by atomic mass is 10.0. The van der Waals surface area contributed by atoms with Gasteiger partial charge < -0.3 is 25.4 Å². The summed E-state index contributed by atoms with van der Waals surface area (Å²) >= 11 is 6.32. The quantitative estimate of drug-likeness (QED) is 0.520. The topological polar surface area (TPSA) is 117 Å². The van der Waals surface area contributed by atoms with Crippen LogP contribution in [0.5, 0.6) is 0 Å². The van der Waals surface area contributed by atoms with Crippen LogP contribution in [0.3, 0.4) is 0 Å². The van der Waals surface area contributed by atoms with Gasteiger partial charge in [0.25, 0.3) is 5.91 Å². The molecule has 1 saturated heterocycles. The van der Waals surface area contributed by atoms with Gasteiger partial charge in [-0.2, -0.15) is 13.2 Å². The zero-order chi connectivity index (χ0) is 25.2. The zero-order valence-electron chi connectivity index (χ0n) is 18.4. The summed E-state index contributed by atoms with van der Waals surface area (Å²) in [6, 6.07) is 2.78. The molecule has 4 rings (SSSR count). The van der Waals surface area contributed by atoms with Crippen molar-refractivity contribution in [1.29, 1.82) is 0 Å².